The van der Waals surface area contributed by atoms with Crippen LogP contribution in [-0.2, 0) is 4.79 Å². The van der Waals surface area contributed by atoms with Crippen LogP contribution in [0.5, 0.6) is 0 Å². The van der Waals surface area contributed by atoms with Crippen molar-refractivity contribution in [2.75, 3.05) is 27.2 Å². The van der Waals surface area contributed by atoms with Crippen LogP contribution in [0.4, 0.5) is 0 Å². The maximum Gasteiger partial charge on any atom is 0.224 e. The zero-order chi connectivity index (χ0) is 13.5. The van der Waals surface area contributed by atoms with Gasteiger partial charge >= 0.3 is 0 Å². The average Bonchev–Trinajstić information content (AvgIpc) is 2.38. The van der Waals surface area contributed by atoms with Gasteiger partial charge in [-0.15, -0.1) is 24.8 Å². The van der Waals surface area contributed by atoms with E-state index in [0.29, 0.717) is 12.6 Å². The third-order valence-corrected chi connectivity index (χ3v) is 4.14. The molecule has 1 amide bonds. The van der Waals surface area contributed by atoms with E-state index in [2.05, 4.69) is 24.3 Å². The molecule has 0 aromatic carbocycles. The number of likely N-dealkylation sites (N-methyl/N-ethyl adjacent to an activating group) is 1. The molecular weight excluding hydrogens is 297 g/mol. The summed E-state index contributed by atoms with van der Waals surface area (Å²) in [4.78, 5) is 14.0. The van der Waals surface area contributed by atoms with Crippen LogP contribution in [0, 0.1) is 11.8 Å². The largest absolute Gasteiger partial charge is 0.354 e. The maximum atomic E-state index is 11.8. The van der Waals surface area contributed by atoms with E-state index in [1.807, 2.05) is 6.92 Å². The molecule has 0 aromatic heterocycles. The van der Waals surface area contributed by atoms with Gasteiger partial charge in [0.05, 0.1) is 0 Å². The molecule has 0 bridgehead atoms. The highest BCUT2D eigenvalue weighted by Crippen LogP contribution is 2.28. The molecule has 0 radical (unpaired) electrons. The van der Waals surface area contributed by atoms with Crippen LogP contribution in [0.3, 0.4) is 0 Å². The zero-order valence-corrected chi connectivity index (χ0v) is 14.6. The van der Waals surface area contributed by atoms with Gasteiger partial charge in [-0.25, -0.2) is 0 Å². The summed E-state index contributed by atoms with van der Waals surface area (Å²) < 4.78 is 0. The van der Waals surface area contributed by atoms with Crippen molar-refractivity contribution in [2.24, 2.45) is 17.6 Å². The maximum absolute atomic E-state index is 11.8. The van der Waals surface area contributed by atoms with Gasteiger partial charge in [-0.3, -0.25) is 4.79 Å². The summed E-state index contributed by atoms with van der Waals surface area (Å²) in [5.41, 5.74) is 5.51. The Labute approximate surface area is 136 Å². The number of nitrogens with one attached hydrogen (secondary N) is 1. The summed E-state index contributed by atoms with van der Waals surface area (Å²) in [6, 6.07) is 0.458. The van der Waals surface area contributed by atoms with Gasteiger partial charge in [-0.05, 0) is 32.9 Å². The van der Waals surface area contributed by atoms with Gasteiger partial charge < -0.3 is 16.0 Å². The highest BCUT2D eigenvalue weighted by Gasteiger charge is 2.26. The van der Waals surface area contributed by atoms with Crippen molar-refractivity contribution in [2.45, 2.75) is 45.1 Å². The van der Waals surface area contributed by atoms with Crippen molar-refractivity contribution in [3.8, 4) is 0 Å². The number of nitrogens with two attached hydrogens (primary N) is 1. The summed E-state index contributed by atoms with van der Waals surface area (Å²) >= 11 is 0. The molecule has 1 fully saturated rings. The molecule has 1 aliphatic carbocycles. The van der Waals surface area contributed by atoms with Crippen molar-refractivity contribution in [3.05, 3.63) is 0 Å². The Morgan fingerprint density at radius 3 is 2.25 bits per heavy atom. The van der Waals surface area contributed by atoms with Crippen LogP contribution in [0.1, 0.15) is 39.0 Å². The Morgan fingerprint density at radius 1 is 1.25 bits per heavy atom. The summed E-state index contributed by atoms with van der Waals surface area (Å²) in [5.74, 6) is 0.724. The molecule has 122 valence electrons. The normalized spacial score (nSPS) is 18.6. The van der Waals surface area contributed by atoms with Crippen LogP contribution < -0.4 is 11.1 Å². The lowest BCUT2D eigenvalue weighted by Crippen LogP contribution is -2.47. The molecule has 0 spiro atoms. The summed E-state index contributed by atoms with van der Waals surface area (Å²) in [7, 11) is 4.22. The molecule has 3 N–H and O–H groups in total. The number of amides is 1. The minimum atomic E-state index is -0.0841. The number of hydrogen-bond donors (Lipinski definition) is 2. The lowest BCUT2D eigenvalue weighted by atomic mass is 9.83. The van der Waals surface area contributed by atoms with E-state index in [1.165, 1.54) is 32.1 Å². The Morgan fingerprint density at radius 2 is 1.80 bits per heavy atom. The van der Waals surface area contributed by atoms with Crippen LogP contribution >= 0.6 is 24.8 Å². The lowest BCUT2D eigenvalue weighted by molar-refractivity contribution is -0.124. The molecule has 20 heavy (non-hydrogen) atoms. The SMILES string of the molecule is CC(CN)C(=O)NCC(C1CCCCC1)N(C)C.Cl.Cl. The second kappa shape index (κ2) is 11.6. The first kappa shape index (κ1) is 22.3. The van der Waals surface area contributed by atoms with Gasteiger partial charge in [0.25, 0.3) is 0 Å². The third kappa shape index (κ3) is 7.11. The van der Waals surface area contributed by atoms with E-state index < -0.39 is 0 Å². The van der Waals surface area contributed by atoms with Gasteiger partial charge in [0, 0.05) is 25.0 Å². The Balaban J connectivity index is 0. The standard InChI is InChI=1S/C14H29N3O.2ClH/c1-11(9-15)14(18)16-10-13(17(2)3)12-7-5-4-6-8-12;;/h11-13H,4-10,15H2,1-3H3,(H,16,18);2*1H. The molecule has 0 aliphatic heterocycles. The smallest absolute Gasteiger partial charge is 0.224 e. The fourth-order valence-corrected chi connectivity index (χ4v) is 2.78. The van der Waals surface area contributed by atoms with Crippen LogP contribution in [0.25, 0.3) is 0 Å². The van der Waals surface area contributed by atoms with Crippen molar-refractivity contribution >= 4 is 30.7 Å². The minimum absolute atomic E-state index is 0. The summed E-state index contributed by atoms with van der Waals surface area (Å²) in [6.45, 7) is 3.04. The predicted molar refractivity (Wildman–Crippen MR) is 89.8 cm³/mol. The first-order valence-electron chi connectivity index (χ1n) is 7.20. The Bertz CT molecular complexity index is 259. The van der Waals surface area contributed by atoms with Crippen LogP contribution in [0.15, 0.2) is 0 Å². The quantitative estimate of drug-likeness (QED) is 0.785. The molecule has 0 aromatic rings. The van der Waals surface area contributed by atoms with Crippen molar-refractivity contribution < 1.29 is 4.79 Å². The fraction of sp³-hybridized carbons (Fsp3) is 0.929. The predicted octanol–water partition coefficient (Wildman–Crippen LogP) is 2.05. The number of halogens is 2. The monoisotopic (exact) mass is 327 g/mol. The molecule has 1 aliphatic rings. The summed E-state index contributed by atoms with van der Waals surface area (Å²) in [6.07, 6.45) is 6.63. The van der Waals surface area contributed by atoms with E-state index in [1.54, 1.807) is 0 Å². The molecule has 4 nitrogen and oxygen atoms in total. The molecule has 2 atom stereocenters. The first-order valence-corrected chi connectivity index (χ1v) is 7.20. The molecule has 6 heteroatoms. The molecular formula is C14H31Cl2N3O. The van der Waals surface area contributed by atoms with Gasteiger partial charge in [-0.1, -0.05) is 26.2 Å². The van der Waals surface area contributed by atoms with E-state index in [4.69, 9.17) is 5.73 Å². The van der Waals surface area contributed by atoms with Gasteiger partial charge in [0.15, 0.2) is 0 Å². The second-order valence-corrected chi connectivity index (χ2v) is 5.81. The van der Waals surface area contributed by atoms with E-state index in [9.17, 15) is 4.79 Å². The van der Waals surface area contributed by atoms with Crippen LogP contribution in [-0.4, -0.2) is 44.0 Å². The number of carbonyl (C=O) groups excluding carboxylic acids is 1. The summed E-state index contributed by atoms with van der Waals surface area (Å²) in [5, 5.41) is 3.05. The van der Waals surface area contributed by atoms with Crippen molar-refractivity contribution in [3.63, 3.8) is 0 Å². The average molecular weight is 328 g/mol. The molecule has 2 unspecified atom stereocenters. The Hall–Kier alpha value is -0.0300. The van der Waals surface area contributed by atoms with Crippen molar-refractivity contribution in [1.29, 1.82) is 0 Å². The Kier molecular flexibility index (Phi) is 12.9. The van der Waals surface area contributed by atoms with Gasteiger partial charge in [0.2, 0.25) is 5.91 Å². The molecule has 0 heterocycles. The number of carbonyl (C=O) groups is 1. The first-order chi connectivity index (χ1) is 8.56. The molecule has 0 saturated heterocycles. The van der Waals surface area contributed by atoms with E-state index in [0.717, 1.165) is 12.5 Å². The molecule has 1 saturated carbocycles. The topological polar surface area (TPSA) is 58.4 Å². The number of rotatable bonds is 6. The second-order valence-electron chi connectivity index (χ2n) is 5.81. The lowest BCUT2D eigenvalue weighted by Gasteiger charge is -2.35. The van der Waals surface area contributed by atoms with E-state index in [-0.39, 0.29) is 36.6 Å². The minimum Gasteiger partial charge on any atom is -0.354 e. The number of nitrogens with zero attached hydrogens (tertiary/aromatic N) is 1. The fourth-order valence-electron chi connectivity index (χ4n) is 2.78. The number of hydrogen-bond acceptors (Lipinski definition) is 3. The third-order valence-electron chi connectivity index (χ3n) is 4.14. The zero-order valence-electron chi connectivity index (χ0n) is 12.9. The van der Waals surface area contributed by atoms with Crippen LogP contribution in [0.2, 0.25) is 0 Å². The van der Waals surface area contributed by atoms with Crippen molar-refractivity contribution in [1.82, 2.24) is 10.2 Å². The van der Waals surface area contributed by atoms with Gasteiger partial charge in [-0.2, -0.15) is 0 Å². The highest BCUT2D eigenvalue weighted by molar-refractivity contribution is 5.85. The highest BCUT2D eigenvalue weighted by atomic mass is 35.5. The van der Waals surface area contributed by atoms with E-state index >= 15 is 0 Å². The van der Waals surface area contributed by atoms with Gasteiger partial charge in [0.1, 0.15) is 0 Å². The molecule has 1 rings (SSSR count).